The lowest BCUT2D eigenvalue weighted by atomic mass is 10.0. The highest BCUT2D eigenvalue weighted by Crippen LogP contribution is 2.36. The predicted octanol–water partition coefficient (Wildman–Crippen LogP) is 8.71. The fraction of sp³-hybridized carbons (Fsp3) is 0.323. The van der Waals surface area contributed by atoms with E-state index in [-0.39, 0.29) is 34.6 Å². The number of hydrogen-bond acceptors (Lipinski definition) is 5. The van der Waals surface area contributed by atoms with E-state index in [1.165, 1.54) is 13.1 Å². The van der Waals surface area contributed by atoms with E-state index >= 15 is 0 Å². The van der Waals surface area contributed by atoms with Crippen LogP contribution in [0.2, 0.25) is 5.02 Å². The standard InChI is InChI=1S/C31H34ClF3N4O3/c1-7-9-18(3)28-29(42-17-41-28)23(10-8-2)21(6)39-16-22(15-37-39)38-31(40)20(5)14-36-13-19(4)26-24(30(34)35)11-12-25(32)27(26)33/h10-16,21,30H,3,5,7-9,17H2,1-2,4,6H3,(H,38,40)/b19-13+,23-10-,36-14?. The van der Waals surface area contributed by atoms with Crippen LogP contribution in [-0.2, 0) is 14.3 Å². The Hall–Kier alpha value is -4.05. The second kappa shape index (κ2) is 14.7. The van der Waals surface area contributed by atoms with Crippen molar-refractivity contribution < 1.29 is 27.4 Å². The smallest absolute Gasteiger partial charge is 0.264 e. The third kappa shape index (κ3) is 7.61. The summed E-state index contributed by atoms with van der Waals surface area (Å²) in [7, 11) is 0. The quantitative estimate of drug-likeness (QED) is 0.184. The molecule has 1 aromatic heterocycles. The van der Waals surface area contributed by atoms with Crippen LogP contribution in [-0.4, -0.2) is 28.7 Å². The minimum atomic E-state index is -2.91. The average molecular weight is 603 g/mol. The molecule has 42 heavy (non-hydrogen) atoms. The van der Waals surface area contributed by atoms with Crippen LogP contribution in [0.4, 0.5) is 18.9 Å². The second-order valence-corrected chi connectivity index (χ2v) is 9.97. The number of nitrogens with one attached hydrogen (secondary N) is 1. The second-order valence-electron chi connectivity index (χ2n) is 9.57. The lowest BCUT2D eigenvalue weighted by Gasteiger charge is -2.18. The van der Waals surface area contributed by atoms with Crippen LogP contribution in [0.25, 0.3) is 5.57 Å². The van der Waals surface area contributed by atoms with Gasteiger partial charge < -0.3 is 14.8 Å². The fourth-order valence-corrected chi connectivity index (χ4v) is 4.48. The Morgan fingerprint density at radius 1 is 1.26 bits per heavy atom. The van der Waals surface area contributed by atoms with Crippen molar-refractivity contribution in [2.45, 2.75) is 59.4 Å². The number of carbonyl (C=O) groups excluding carboxylic acids is 1. The molecule has 0 aliphatic carbocycles. The number of aromatic nitrogens is 2. The first-order valence-electron chi connectivity index (χ1n) is 13.4. The summed E-state index contributed by atoms with van der Waals surface area (Å²) in [6.07, 6.45) is 7.08. The average Bonchev–Trinajstić information content (AvgIpc) is 3.62. The first-order valence-corrected chi connectivity index (χ1v) is 13.8. The SMILES string of the molecule is C=C(C=N/C=C(\C)c1c(C(F)F)ccc(Cl)c1F)C(=O)Nc1cnn(C(C)/C(=C/CC)C2=C(C(=C)CCC)OCO2)c1. The van der Waals surface area contributed by atoms with Crippen LogP contribution in [0.3, 0.4) is 0 Å². The molecule has 2 aromatic rings. The van der Waals surface area contributed by atoms with Gasteiger partial charge in [-0.25, -0.2) is 13.2 Å². The molecule has 224 valence electrons. The van der Waals surface area contributed by atoms with Gasteiger partial charge in [0.15, 0.2) is 11.5 Å². The number of rotatable bonds is 13. The minimum Gasteiger partial charge on any atom is -0.453 e. The highest BCUT2D eigenvalue weighted by Gasteiger charge is 2.27. The molecule has 11 heteroatoms. The number of carbonyl (C=O) groups is 1. The van der Waals surface area contributed by atoms with E-state index in [9.17, 15) is 18.0 Å². The van der Waals surface area contributed by atoms with Crippen molar-refractivity contribution in [3.8, 4) is 0 Å². The summed E-state index contributed by atoms with van der Waals surface area (Å²) in [5.41, 5.74) is 1.40. The van der Waals surface area contributed by atoms with E-state index in [4.69, 9.17) is 21.1 Å². The molecule has 1 unspecified atom stereocenters. The molecule has 0 saturated carbocycles. The van der Waals surface area contributed by atoms with Gasteiger partial charge in [-0.15, -0.1) is 0 Å². The van der Waals surface area contributed by atoms with E-state index in [2.05, 4.69) is 35.5 Å². The summed E-state index contributed by atoms with van der Waals surface area (Å²) < 4.78 is 54.5. The molecule has 1 aromatic carbocycles. The number of halogens is 4. The minimum absolute atomic E-state index is 0.0206. The van der Waals surface area contributed by atoms with Crippen molar-refractivity contribution in [2.75, 3.05) is 12.1 Å². The van der Waals surface area contributed by atoms with Gasteiger partial charge in [0.2, 0.25) is 6.79 Å². The number of hydrogen-bond donors (Lipinski definition) is 1. The zero-order valence-corrected chi connectivity index (χ0v) is 24.8. The molecule has 0 radical (unpaired) electrons. The highest BCUT2D eigenvalue weighted by atomic mass is 35.5. The number of alkyl halides is 2. The largest absolute Gasteiger partial charge is 0.453 e. The van der Waals surface area contributed by atoms with Crippen molar-refractivity contribution in [1.29, 1.82) is 0 Å². The molecule has 1 aliphatic rings. The molecule has 2 heterocycles. The third-order valence-electron chi connectivity index (χ3n) is 6.42. The number of nitrogens with zero attached hydrogens (tertiary/aromatic N) is 3. The van der Waals surface area contributed by atoms with Gasteiger partial charge in [0.05, 0.1) is 28.5 Å². The topological polar surface area (TPSA) is 77.7 Å². The van der Waals surface area contributed by atoms with Crippen LogP contribution in [0.15, 0.2) is 83.2 Å². The summed E-state index contributed by atoms with van der Waals surface area (Å²) in [5, 5.41) is 6.82. The molecule has 0 fully saturated rings. The molecule has 1 atom stereocenters. The Labute approximate surface area is 248 Å². The van der Waals surface area contributed by atoms with Crippen molar-refractivity contribution >= 4 is 35.0 Å². The van der Waals surface area contributed by atoms with Crippen LogP contribution in [0.1, 0.15) is 70.6 Å². The normalized spacial score (nSPS) is 14.8. The van der Waals surface area contributed by atoms with Gasteiger partial charge in [0, 0.05) is 35.3 Å². The summed E-state index contributed by atoms with van der Waals surface area (Å²) in [6, 6.07) is 1.89. The van der Waals surface area contributed by atoms with E-state index in [0.717, 1.165) is 55.0 Å². The Balaban J connectivity index is 1.72. The Kier molecular flexibility index (Phi) is 11.4. The van der Waals surface area contributed by atoms with Crippen LogP contribution in [0.5, 0.6) is 0 Å². The summed E-state index contributed by atoms with van der Waals surface area (Å²) in [6.45, 7) is 15.4. The molecule has 0 spiro atoms. The van der Waals surface area contributed by atoms with Gasteiger partial charge in [-0.2, -0.15) is 5.10 Å². The van der Waals surface area contributed by atoms with Crippen LogP contribution in [0, 0.1) is 5.82 Å². The third-order valence-corrected chi connectivity index (χ3v) is 6.72. The number of allylic oxidation sites excluding steroid dienone is 4. The maximum Gasteiger partial charge on any atom is 0.264 e. The maximum absolute atomic E-state index is 14.5. The monoisotopic (exact) mass is 602 g/mol. The summed E-state index contributed by atoms with van der Waals surface area (Å²) in [5.74, 6) is -0.247. The van der Waals surface area contributed by atoms with Crippen molar-refractivity contribution in [2.24, 2.45) is 4.99 Å². The molecule has 1 amide bonds. The molecule has 7 nitrogen and oxygen atoms in total. The Bertz CT molecular complexity index is 1470. The number of anilines is 1. The van der Waals surface area contributed by atoms with Gasteiger partial charge >= 0.3 is 0 Å². The highest BCUT2D eigenvalue weighted by molar-refractivity contribution is 6.31. The van der Waals surface area contributed by atoms with Crippen molar-refractivity contribution in [3.05, 3.63) is 100 Å². The Morgan fingerprint density at radius 2 is 1.98 bits per heavy atom. The lowest BCUT2D eigenvalue weighted by molar-refractivity contribution is -0.112. The molecule has 0 saturated heterocycles. The summed E-state index contributed by atoms with van der Waals surface area (Å²) >= 11 is 5.78. The first kappa shape index (κ1) is 32.5. The number of ether oxygens (including phenoxy) is 2. The van der Waals surface area contributed by atoms with Crippen LogP contribution >= 0.6 is 11.6 Å². The predicted molar refractivity (Wildman–Crippen MR) is 160 cm³/mol. The fourth-order valence-electron chi connectivity index (χ4n) is 4.32. The van der Waals surface area contributed by atoms with Gasteiger partial charge in [-0.05, 0) is 43.9 Å². The number of amides is 1. The van der Waals surface area contributed by atoms with E-state index < -0.39 is 23.7 Å². The van der Waals surface area contributed by atoms with E-state index in [1.807, 2.05) is 19.9 Å². The number of benzene rings is 1. The van der Waals surface area contributed by atoms with Crippen molar-refractivity contribution in [3.63, 3.8) is 0 Å². The molecular formula is C31H34ClF3N4O3. The van der Waals surface area contributed by atoms with Gasteiger partial charge in [0.1, 0.15) is 5.82 Å². The van der Waals surface area contributed by atoms with E-state index in [0.29, 0.717) is 17.2 Å². The van der Waals surface area contributed by atoms with Crippen LogP contribution < -0.4 is 5.32 Å². The molecule has 3 rings (SSSR count). The van der Waals surface area contributed by atoms with Crippen molar-refractivity contribution in [1.82, 2.24) is 9.78 Å². The zero-order valence-electron chi connectivity index (χ0n) is 24.0. The lowest BCUT2D eigenvalue weighted by Crippen LogP contribution is -2.14. The summed E-state index contributed by atoms with van der Waals surface area (Å²) in [4.78, 5) is 16.7. The molecule has 1 aliphatic heterocycles. The van der Waals surface area contributed by atoms with E-state index in [1.54, 1.807) is 10.9 Å². The van der Waals surface area contributed by atoms with Gasteiger partial charge in [-0.1, -0.05) is 57.2 Å². The molecular weight excluding hydrogens is 569 g/mol. The van der Waals surface area contributed by atoms with Gasteiger partial charge in [0.25, 0.3) is 12.3 Å². The zero-order chi connectivity index (χ0) is 31.0. The molecule has 0 bridgehead atoms. The Morgan fingerprint density at radius 3 is 2.64 bits per heavy atom. The van der Waals surface area contributed by atoms with Gasteiger partial charge in [-0.3, -0.25) is 14.5 Å². The maximum atomic E-state index is 14.5. The molecule has 1 N–H and O–H groups in total. The number of aliphatic imine (C=N–C) groups is 1. The first-order chi connectivity index (χ1) is 20.0.